The Labute approximate surface area is 190 Å². The van der Waals surface area contributed by atoms with Crippen molar-refractivity contribution in [2.24, 2.45) is 7.05 Å². The number of amides is 1. The Morgan fingerprint density at radius 1 is 0.969 bits per heavy atom. The van der Waals surface area contributed by atoms with Gasteiger partial charge in [0.15, 0.2) is 0 Å². The van der Waals surface area contributed by atoms with Gasteiger partial charge in [-0.2, -0.15) is 0 Å². The average Bonchev–Trinajstić information content (AvgIpc) is 3.16. The molecule has 6 heteroatoms. The average molecular weight is 432 g/mol. The molecule has 5 rings (SSSR count). The minimum atomic E-state index is 0.205. The number of likely N-dealkylation sites (tertiary alicyclic amines) is 1. The molecule has 1 aromatic heterocycles. The summed E-state index contributed by atoms with van der Waals surface area (Å²) in [6.45, 7) is 6.66. The number of aromatic nitrogens is 2. The maximum absolute atomic E-state index is 12.3. The summed E-state index contributed by atoms with van der Waals surface area (Å²) in [5, 5.41) is 0. The van der Waals surface area contributed by atoms with Crippen LogP contribution in [-0.4, -0.2) is 70.1 Å². The number of carbonyl (C=O) groups is 1. The van der Waals surface area contributed by atoms with Crippen LogP contribution in [0.25, 0.3) is 11.0 Å². The zero-order valence-corrected chi connectivity index (χ0v) is 19.2. The monoisotopic (exact) mass is 431 g/mol. The molecule has 168 valence electrons. The fourth-order valence-electron chi connectivity index (χ4n) is 5.56. The standard InChI is InChI=1S/C26H33N5O/c1-20(32)31-13-12-22(19-23(31)18-21-8-4-3-5-9-21)29-14-16-30(17-15-29)26-27-24-10-6-7-11-25(24)28(26)2/h3-11,22-23H,12-19H2,1-2H3/t22?,23-/m1/s1. The lowest BCUT2D eigenvalue weighted by molar-refractivity contribution is -0.133. The Balaban J connectivity index is 1.25. The summed E-state index contributed by atoms with van der Waals surface area (Å²) in [6, 6.07) is 19.8. The number of aryl methyl sites for hydroxylation is 1. The number of carbonyl (C=O) groups excluding carboxylic acids is 1. The first-order chi connectivity index (χ1) is 15.6. The van der Waals surface area contributed by atoms with E-state index in [0.717, 1.165) is 63.5 Å². The van der Waals surface area contributed by atoms with Gasteiger partial charge in [-0.3, -0.25) is 9.69 Å². The minimum Gasteiger partial charge on any atom is -0.340 e. The largest absolute Gasteiger partial charge is 0.340 e. The van der Waals surface area contributed by atoms with Gasteiger partial charge in [0, 0.05) is 58.8 Å². The van der Waals surface area contributed by atoms with E-state index in [9.17, 15) is 4.79 Å². The quantitative estimate of drug-likeness (QED) is 0.636. The van der Waals surface area contributed by atoms with Gasteiger partial charge in [-0.1, -0.05) is 42.5 Å². The number of piperazine rings is 1. The third-order valence-electron chi connectivity index (χ3n) is 7.28. The van der Waals surface area contributed by atoms with Crippen molar-refractivity contribution in [3.8, 4) is 0 Å². The molecule has 0 saturated carbocycles. The first-order valence-electron chi connectivity index (χ1n) is 11.8. The van der Waals surface area contributed by atoms with E-state index in [1.165, 1.54) is 11.1 Å². The smallest absolute Gasteiger partial charge is 0.219 e. The van der Waals surface area contributed by atoms with E-state index in [4.69, 9.17) is 4.98 Å². The molecule has 1 unspecified atom stereocenters. The molecule has 32 heavy (non-hydrogen) atoms. The van der Waals surface area contributed by atoms with Crippen molar-refractivity contribution in [2.75, 3.05) is 37.6 Å². The number of fused-ring (bicyclic) bond motifs is 1. The second-order valence-electron chi connectivity index (χ2n) is 9.22. The molecule has 0 N–H and O–H groups in total. The topological polar surface area (TPSA) is 44.6 Å². The predicted molar refractivity (Wildman–Crippen MR) is 129 cm³/mol. The molecule has 6 nitrogen and oxygen atoms in total. The van der Waals surface area contributed by atoms with Crippen LogP contribution in [0.15, 0.2) is 54.6 Å². The molecule has 2 aromatic carbocycles. The second kappa shape index (κ2) is 8.94. The van der Waals surface area contributed by atoms with Gasteiger partial charge < -0.3 is 14.4 Å². The molecule has 0 aliphatic carbocycles. The fraction of sp³-hybridized carbons (Fsp3) is 0.462. The van der Waals surface area contributed by atoms with Gasteiger partial charge in [-0.25, -0.2) is 4.98 Å². The molecule has 3 heterocycles. The highest BCUT2D eigenvalue weighted by Gasteiger charge is 2.34. The number of rotatable bonds is 4. The molecule has 2 atom stereocenters. The fourth-order valence-corrected chi connectivity index (χ4v) is 5.56. The summed E-state index contributed by atoms with van der Waals surface area (Å²) in [5.41, 5.74) is 3.56. The van der Waals surface area contributed by atoms with Crippen LogP contribution in [0.5, 0.6) is 0 Å². The maximum Gasteiger partial charge on any atom is 0.219 e. The first-order valence-corrected chi connectivity index (χ1v) is 11.8. The highest BCUT2D eigenvalue weighted by molar-refractivity contribution is 5.78. The lowest BCUT2D eigenvalue weighted by Gasteiger charge is -2.46. The molecule has 2 aliphatic heterocycles. The van der Waals surface area contributed by atoms with Crippen LogP contribution in [0.1, 0.15) is 25.3 Å². The van der Waals surface area contributed by atoms with Gasteiger partial charge in [-0.05, 0) is 37.0 Å². The Morgan fingerprint density at radius 2 is 1.69 bits per heavy atom. The van der Waals surface area contributed by atoms with E-state index < -0.39 is 0 Å². The first kappa shape index (κ1) is 21.0. The van der Waals surface area contributed by atoms with E-state index in [2.05, 4.69) is 80.9 Å². The van der Waals surface area contributed by atoms with Gasteiger partial charge in [0.05, 0.1) is 11.0 Å². The number of piperidine rings is 1. The summed E-state index contributed by atoms with van der Waals surface area (Å²) in [5.74, 6) is 1.27. The van der Waals surface area contributed by atoms with Gasteiger partial charge in [-0.15, -0.1) is 0 Å². The highest BCUT2D eigenvalue weighted by Crippen LogP contribution is 2.27. The van der Waals surface area contributed by atoms with Crippen molar-refractivity contribution in [2.45, 2.75) is 38.3 Å². The van der Waals surface area contributed by atoms with Crippen LogP contribution in [0.2, 0.25) is 0 Å². The lowest BCUT2D eigenvalue weighted by Crippen LogP contribution is -2.56. The summed E-state index contributed by atoms with van der Waals surface area (Å²) in [4.78, 5) is 24.3. The molecule has 1 amide bonds. The summed E-state index contributed by atoms with van der Waals surface area (Å²) < 4.78 is 2.21. The third kappa shape index (κ3) is 4.11. The van der Waals surface area contributed by atoms with Gasteiger partial charge in [0.25, 0.3) is 0 Å². The molecule has 3 aromatic rings. The van der Waals surface area contributed by atoms with Crippen molar-refractivity contribution in [1.29, 1.82) is 0 Å². The molecule has 0 spiro atoms. The normalized spacial score (nSPS) is 22.4. The summed E-state index contributed by atoms with van der Waals surface area (Å²) in [6.07, 6.45) is 3.06. The van der Waals surface area contributed by atoms with Crippen LogP contribution < -0.4 is 4.90 Å². The van der Waals surface area contributed by atoms with Crippen molar-refractivity contribution in [3.63, 3.8) is 0 Å². The molecule has 2 fully saturated rings. The van der Waals surface area contributed by atoms with E-state index in [1.54, 1.807) is 6.92 Å². The van der Waals surface area contributed by atoms with Crippen LogP contribution in [-0.2, 0) is 18.3 Å². The Hall–Kier alpha value is -2.86. The van der Waals surface area contributed by atoms with Crippen LogP contribution in [0.4, 0.5) is 5.95 Å². The summed E-state index contributed by atoms with van der Waals surface area (Å²) in [7, 11) is 2.11. The number of imidazole rings is 1. The van der Waals surface area contributed by atoms with Crippen molar-refractivity contribution < 1.29 is 4.79 Å². The van der Waals surface area contributed by atoms with Crippen LogP contribution in [0.3, 0.4) is 0 Å². The van der Waals surface area contributed by atoms with Gasteiger partial charge in [0.1, 0.15) is 0 Å². The van der Waals surface area contributed by atoms with Crippen molar-refractivity contribution in [3.05, 3.63) is 60.2 Å². The minimum absolute atomic E-state index is 0.205. The van der Waals surface area contributed by atoms with Gasteiger partial charge in [0.2, 0.25) is 11.9 Å². The zero-order chi connectivity index (χ0) is 22.1. The number of anilines is 1. The van der Waals surface area contributed by atoms with Crippen molar-refractivity contribution in [1.82, 2.24) is 19.4 Å². The van der Waals surface area contributed by atoms with E-state index >= 15 is 0 Å². The molecule has 2 aliphatic rings. The molecule has 0 bridgehead atoms. The lowest BCUT2D eigenvalue weighted by atomic mass is 9.91. The second-order valence-corrected chi connectivity index (χ2v) is 9.22. The molecule has 2 saturated heterocycles. The Kier molecular flexibility index (Phi) is 5.87. The Morgan fingerprint density at radius 3 is 2.41 bits per heavy atom. The van der Waals surface area contributed by atoms with Crippen molar-refractivity contribution >= 4 is 22.9 Å². The highest BCUT2D eigenvalue weighted by atomic mass is 16.2. The van der Waals surface area contributed by atoms with E-state index in [1.807, 2.05) is 0 Å². The van der Waals surface area contributed by atoms with Crippen LogP contribution >= 0.6 is 0 Å². The SMILES string of the molecule is CC(=O)N1CCC(N2CCN(c3nc4ccccc4n3C)CC2)C[C@H]1Cc1ccccc1. The maximum atomic E-state index is 12.3. The molecular formula is C26H33N5O. The van der Waals surface area contributed by atoms with Crippen LogP contribution in [0, 0.1) is 0 Å². The third-order valence-corrected chi connectivity index (χ3v) is 7.28. The molecule has 0 radical (unpaired) electrons. The number of nitrogens with zero attached hydrogens (tertiary/aromatic N) is 5. The predicted octanol–water partition coefficient (Wildman–Crippen LogP) is 3.32. The molecular weight excluding hydrogens is 398 g/mol. The zero-order valence-electron chi connectivity index (χ0n) is 19.2. The number of hydrogen-bond acceptors (Lipinski definition) is 4. The van der Waals surface area contributed by atoms with Gasteiger partial charge >= 0.3 is 0 Å². The van der Waals surface area contributed by atoms with E-state index in [0.29, 0.717) is 6.04 Å². The van der Waals surface area contributed by atoms with E-state index in [-0.39, 0.29) is 11.9 Å². The Bertz CT molecular complexity index is 1070. The number of para-hydroxylation sites is 2. The number of hydrogen-bond donors (Lipinski definition) is 0. The summed E-state index contributed by atoms with van der Waals surface area (Å²) >= 11 is 0. The number of benzene rings is 2.